The number of methoxy groups -OCH3 is 1. The average molecular weight is 305 g/mol. The van der Waals surface area contributed by atoms with E-state index in [4.69, 9.17) is 4.74 Å². The van der Waals surface area contributed by atoms with E-state index in [9.17, 15) is 4.79 Å². The van der Waals surface area contributed by atoms with Crippen molar-refractivity contribution < 1.29 is 14.3 Å². The van der Waals surface area contributed by atoms with E-state index in [1.54, 1.807) is 0 Å². The normalized spacial score (nSPS) is 22.5. The van der Waals surface area contributed by atoms with E-state index in [1.165, 1.54) is 18.2 Å². The highest BCUT2D eigenvalue weighted by molar-refractivity contribution is 5.68. The van der Waals surface area contributed by atoms with Gasteiger partial charge in [-0.25, -0.2) is 0 Å². The molecule has 1 heterocycles. The van der Waals surface area contributed by atoms with Crippen molar-refractivity contribution in [1.29, 1.82) is 0 Å². The molecule has 1 aliphatic heterocycles. The number of hydrogen-bond acceptors (Lipinski definition) is 4. The molecule has 0 aliphatic carbocycles. The summed E-state index contributed by atoms with van der Waals surface area (Å²) in [5.41, 5.74) is 2.57. The van der Waals surface area contributed by atoms with E-state index in [0.29, 0.717) is 12.5 Å². The zero-order chi connectivity index (χ0) is 15.9. The maximum absolute atomic E-state index is 11.1. The Morgan fingerprint density at radius 3 is 2.86 bits per heavy atom. The van der Waals surface area contributed by atoms with Crippen molar-refractivity contribution in [2.24, 2.45) is 0 Å². The Bertz CT molecular complexity index is 489. The van der Waals surface area contributed by atoms with Crippen LogP contribution in [0.2, 0.25) is 0 Å². The number of ether oxygens (including phenoxy) is 2. The molecular formula is C18H27NO3. The number of aryl methyl sites for hydroxylation is 1. The van der Waals surface area contributed by atoms with Crippen LogP contribution >= 0.6 is 0 Å². The van der Waals surface area contributed by atoms with E-state index in [2.05, 4.69) is 47.7 Å². The molecule has 122 valence electrons. The minimum atomic E-state index is -0.118. The third-order valence-electron chi connectivity index (χ3n) is 4.40. The number of rotatable bonds is 6. The summed E-state index contributed by atoms with van der Waals surface area (Å²) in [5, 5.41) is 0. The van der Waals surface area contributed by atoms with Gasteiger partial charge in [-0.15, -0.1) is 0 Å². The molecule has 1 saturated heterocycles. The molecule has 22 heavy (non-hydrogen) atoms. The van der Waals surface area contributed by atoms with Gasteiger partial charge in [0.05, 0.1) is 19.8 Å². The van der Waals surface area contributed by atoms with E-state index in [-0.39, 0.29) is 12.1 Å². The molecule has 0 amide bonds. The predicted octanol–water partition coefficient (Wildman–Crippen LogP) is 3.10. The minimum absolute atomic E-state index is 0.118. The van der Waals surface area contributed by atoms with Crippen molar-refractivity contribution >= 4 is 5.97 Å². The zero-order valence-electron chi connectivity index (χ0n) is 13.9. The van der Waals surface area contributed by atoms with Crippen LogP contribution in [-0.2, 0) is 14.3 Å². The van der Waals surface area contributed by atoms with Crippen LogP contribution in [-0.4, -0.2) is 43.7 Å². The molecule has 0 unspecified atom stereocenters. The zero-order valence-corrected chi connectivity index (χ0v) is 13.9. The van der Waals surface area contributed by atoms with E-state index >= 15 is 0 Å². The highest BCUT2D eigenvalue weighted by Gasteiger charge is 2.27. The highest BCUT2D eigenvalue weighted by Crippen LogP contribution is 2.27. The second-order valence-corrected chi connectivity index (χ2v) is 6.06. The second kappa shape index (κ2) is 8.30. The number of carbonyl (C=O) groups is 1. The Morgan fingerprint density at radius 2 is 2.14 bits per heavy atom. The highest BCUT2D eigenvalue weighted by atomic mass is 16.5. The molecular weight excluding hydrogens is 278 g/mol. The molecule has 4 nitrogen and oxygen atoms in total. The first-order valence-electron chi connectivity index (χ1n) is 8.09. The third-order valence-corrected chi connectivity index (χ3v) is 4.40. The van der Waals surface area contributed by atoms with Gasteiger partial charge >= 0.3 is 5.97 Å². The predicted molar refractivity (Wildman–Crippen MR) is 86.8 cm³/mol. The molecule has 0 saturated carbocycles. The Morgan fingerprint density at radius 1 is 1.36 bits per heavy atom. The summed E-state index contributed by atoms with van der Waals surface area (Å²) in [6, 6.07) is 8.86. The van der Waals surface area contributed by atoms with Crippen LogP contribution in [0, 0.1) is 6.92 Å². The Labute approximate surface area is 133 Å². The van der Waals surface area contributed by atoms with Gasteiger partial charge in [-0.05, 0) is 44.4 Å². The summed E-state index contributed by atoms with van der Waals surface area (Å²) in [6.45, 7) is 7.02. The lowest BCUT2D eigenvalue weighted by molar-refractivity contribution is -0.140. The fourth-order valence-corrected chi connectivity index (χ4v) is 2.94. The van der Waals surface area contributed by atoms with E-state index in [1.807, 2.05) is 0 Å². The Hall–Kier alpha value is -1.39. The summed E-state index contributed by atoms with van der Waals surface area (Å²) in [7, 11) is 1.44. The van der Waals surface area contributed by atoms with E-state index < -0.39 is 0 Å². The monoisotopic (exact) mass is 305 g/mol. The van der Waals surface area contributed by atoms with Gasteiger partial charge in [0, 0.05) is 19.0 Å². The lowest BCUT2D eigenvalue weighted by Gasteiger charge is -2.38. The quantitative estimate of drug-likeness (QED) is 0.598. The molecule has 4 heteroatoms. The van der Waals surface area contributed by atoms with Crippen molar-refractivity contribution in [2.75, 3.05) is 26.8 Å². The summed E-state index contributed by atoms with van der Waals surface area (Å²) in [4.78, 5) is 13.6. The first-order valence-corrected chi connectivity index (χ1v) is 8.09. The fourth-order valence-electron chi connectivity index (χ4n) is 2.94. The van der Waals surface area contributed by atoms with Crippen molar-refractivity contribution in [3.05, 3.63) is 35.4 Å². The standard InChI is InChI=1S/C18H27NO3/c1-14-8-4-5-9-16(14)17-12-19(15(2)13-22-17)11-7-6-10-18(20)21-3/h4-5,8-9,15,17H,6-7,10-13H2,1-3H3/t15-,17+/m1/s1. The molecule has 1 aromatic rings. The Balaban J connectivity index is 1.86. The van der Waals surface area contributed by atoms with Crippen molar-refractivity contribution in [2.45, 2.75) is 45.3 Å². The minimum Gasteiger partial charge on any atom is -0.469 e. The summed E-state index contributed by atoms with van der Waals surface area (Å²) >= 11 is 0. The second-order valence-electron chi connectivity index (χ2n) is 6.06. The first-order chi connectivity index (χ1) is 10.6. The van der Waals surface area contributed by atoms with Gasteiger partial charge in [-0.3, -0.25) is 9.69 Å². The number of nitrogens with zero attached hydrogens (tertiary/aromatic N) is 1. The van der Waals surface area contributed by atoms with Gasteiger partial charge in [-0.2, -0.15) is 0 Å². The molecule has 0 bridgehead atoms. The SMILES string of the molecule is COC(=O)CCCCN1C[C@@H](c2ccccc2C)OC[C@H]1C. The number of hydrogen-bond donors (Lipinski definition) is 0. The fraction of sp³-hybridized carbons (Fsp3) is 0.611. The van der Waals surface area contributed by atoms with Crippen molar-refractivity contribution in [3.63, 3.8) is 0 Å². The molecule has 1 aliphatic rings. The number of carbonyl (C=O) groups excluding carboxylic acids is 1. The molecule has 2 rings (SSSR count). The van der Waals surface area contributed by atoms with Gasteiger partial charge in [-0.1, -0.05) is 24.3 Å². The molecule has 0 radical (unpaired) electrons. The van der Waals surface area contributed by atoms with Gasteiger partial charge in [0.1, 0.15) is 0 Å². The topological polar surface area (TPSA) is 38.8 Å². The van der Waals surface area contributed by atoms with Crippen LogP contribution in [0.1, 0.15) is 43.4 Å². The Kier molecular flexibility index (Phi) is 6.40. The van der Waals surface area contributed by atoms with Crippen LogP contribution in [0.5, 0.6) is 0 Å². The van der Waals surface area contributed by atoms with Crippen molar-refractivity contribution in [3.8, 4) is 0 Å². The van der Waals surface area contributed by atoms with Gasteiger partial charge < -0.3 is 9.47 Å². The lowest BCUT2D eigenvalue weighted by Crippen LogP contribution is -2.45. The molecule has 1 fully saturated rings. The third kappa shape index (κ3) is 4.55. The van der Waals surface area contributed by atoms with Crippen LogP contribution in [0.3, 0.4) is 0 Å². The molecule has 0 N–H and O–H groups in total. The largest absolute Gasteiger partial charge is 0.469 e. The molecule has 0 aromatic heterocycles. The van der Waals surface area contributed by atoms with Crippen LogP contribution in [0.15, 0.2) is 24.3 Å². The van der Waals surface area contributed by atoms with Crippen molar-refractivity contribution in [1.82, 2.24) is 4.90 Å². The molecule has 2 atom stereocenters. The number of unbranched alkanes of at least 4 members (excludes halogenated alkanes) is 1. The smallest absolute Gasteiger partial charge is 0.305 e. The first kappa shape index (κ1) is 17.0. The van der Waals surface area contributed by atoms with E-state index in [0.717, 1.165) is 32.5 Å². The summed E-state index contributed by atoms with van der Waals surface area (Å²) in [5.74, 6) is -0.118. The number of esters is 1. The van der Waals surface area contributed by atoms with Gasteiger partial charge in [0.2, 0.25) is 0 Å². The lowest BCUT2D eigenvalue weighted by atomic mass is 10.0. The molecule has 0 spiro atoms. The van der Waals surface area contributed by atoms with Crippen LogP contribution in [0.25, 0.3) is 0 Å². The van der Waals surface area contributed by atoms with Gasteiger partial charge in [0.15, 0.2) is 0 Å². The van der Waals surface area contributed by atoms with Crippen LogP contribution < -0.4 is 0 Å². The number of morpholine rings is 1. The summed E-state index contributed by atoms with van der Waals surface area (Å²) in [6.07, 6.45) is 2.56. The van der Waals surface area contributed by atoms with Gasteiger partial charge in [0.25, 0.3) is 0 Å². The molecule has 1 aromatic carbocycles. The average Bonchev–Trinajstić information content (AvgIpc) is 2.53. The van der Waals surface area contributed by atoms with Crippen LogP contribution in [0.4, 0.5) is 0 Å². The maximum Gasteiger partial charge on any atom is 0.305 e. The summed E-state index contributed by atoms with van der Waals surface area (Å²) < 4.78 is 10.7. The maximum atomic E-state index is 11.1. The number of benzene rings is 1.